The standard InChI is InChI=1S/C24H25N5O.C17H16ClN3O/c1-29(2)20-7-5-15(13-26-20)18-10-17-14(12-25-18)4-6-16-21-19(27-22(16)17)11-24(8-3-9-24)28-23(21)30;18-13-6-11-9(8-19-13)2-3-10-14-12(20-15(10)11)7-17(4-1-5-17)21-16(14)22/h5,7,10,12-13,27H,3-4,6,8-9,11H2,1-2H3,(H,28,30);6,8,20H,1-5,7H2,(H,21,22). The number of aromatic nitrogens is 5. The third-order valence-corrected chi connectivity index (χ3v) is 12.7. The Morgan fingerprint density at radius 1 is 0.692 bits per heavy atom. The molecule has 0 atom stereocenters. The van der Waals surface area contributed by atoms with E-state index in [1.54, 1.807) is 0 Å². The van der Waals surface area contributed by atoms with Gasteiger partial charge in [0.15, 0.2) is 0 Å². The molecule has 11 rings (SSSR count). The van der Waals surface area contributed by atoms with Gasteiger partial charge in [-0.1, -0.05) is 11.6 Å². The highest BCUT2D eigenvalue weighted by Gasteiger charge is 2.46. The minimum Gasteiger partial charge on any atom is -0.363 e. The maximum Gasteiger partial charge on any atom is 0.253 e. The lowest BCUT2D eigenvalue weighted by molar-refractivity contribution is 0.0783. The predicted octanol–water partition coefficient (Wildman–Crippen LogP) is 6.55. The molecule has 2 amide bonds. The Hall–Kier alpha value is -4.96. The summed E-state index contributed by atoms with van der Waals surface area (Å²) in [6.45, 7) is 0. The summed E-state index contributed by atoms with van der Waals surface area (Å²) in [7, 11) is 3.97. The minimum atomic E-state index is -0.0103. The van der Waals surface area contributed by atoms with E-state index in [0.29, 0.717) is 5.15 Å². The predicted molar refractivity (Wildman–Crippen MR) is 201 cm³/mol. The van der Waals surface area contributed by atoms with Crippen molar-refractivity contribution in [2.45, 2.75) is 88.1 Å². The molecule has 2 spiro atoms. The number of pyridine rings is 3. The van der Waals surface area contributed by atoms with Gasteiger partial charge in [0, 0.05) is 84.7 Å². The van der Waals surface area contributed by atoms with Gasteiger partial charge in [0.1, 0.15) is 11.0 Å². The molecule has 7 heterocycles. The van der Waals surface area contributed by atoms with E-state index in [-0.39, 0.29) is 22.9 Å². The first-order chi connectivity index (χ1) is 25.2. The van der Waals surface area contributed by atoms with Crippen molar-refractivity contribution in [3.8, 4) is 33.8 Å². The summed E-state index contributed by atoms with van der Waals surface area (Å²) in [5.41, 5.74) is 15.1. The van der Waals surface area contributed by atoms with E-state index < -0.39 is 0 Å². The number of amides is 2. The summed E-state index contributed by atoms with van der Waals surface area (Å²) in [4.78, 5) is 48.2. The fourth-order valence-corrected chi connectivity index (χ4v) is 9.59. The molecule has 264 valence electrons. The lowest BCUT2D eigenvalue weighted by Gasteiger charge is -2.45. The first-order valence-corrected chi connectivity index (χ1v) is 19.0. The van der Waals surface area contributed by atoms with Crippen LogP contribution < -0.4 is 15.5 Å². The van der Waals surface area contributed by atoms with Crippen molar-refractivity contribution >= 4 is 29.2 Å². The smallest absolute Gasteiger partial charge is 0.253 e. The normalized spacial score (nSPS) is 19.2. The van der Waals surface area contributed by atoms with E-state index in [0.717, 1.165) is 126 Å². The van der Waals surface area contributed by atoms with Gasteiger partial charge in [0.2, 0.25) is 0 Å². The second kappa shape index (κ2) is 11.5. The lowest BCUT2D eigenvalue weighted by atomic mass is 9.71. The third kappa shape index (κ3) is 4.94. The number of hydrogen-bond donors (Lipinski definition) is 4. The Kier molecular flexibility index (Phi) is 7.03. The first kappa shape index (κ1) is 31.7. The number of aromatic amines is 2. The Morgan fingerprint density at radius 3 is 1.75 bits per heavy atom. The van der Waals surface area contributed by atoms with Crippen molar-refractivity contribution in [1.29, 1.82) is 0 Å². The molecule has 4 N–H and O–H groups in total. The number of rotatable bonds is 2. The third-order valence-electron chi connectivity index (χ3n) is 12.5. The number of anilines is 1. The van der Waals surface area contributed by atoms with Gasteiger partial charge in [-0.05, 0) is 111 Å². The highest BCUT2D eigenvalue weighted by Crippen LogP contribution is 2.45. The van der Waals surface area contributed by atoms with Crippen LogP contribution in [0.1, 0.15) is 92.9 Å². The van der Waals surface area contributed by atoms with Crippen LogP contribution in [0.25, 0.3) is 33.8 Å². The number of carbonyl (C=O) groups excluding carboxylic acids is 2. The number of carbonyl (C=O) groups is 2. The van der Waals surface area contributed by atoms with Crippen molar-refractivity contribution in [1.82, 2.24) is 35.6 Å². The minimum absolute atomic E-state index is 0.0102. The van der Waals surface area contributed by atoms with Crippen LogP contribution in [-0.4, -0.2) is 61.9 Å². The molecule has 2 fully saturated rings. The molecule has 0 radical (unpaired) electrons. The average Bonchev–Trinajstić information content (AvgIpc) is 3.70. The molecule has 0 aromatic carbocycles. The van der Waals surface area contributed by atoms with Crippen LogP contribution in [0, 0.1) is 0 Å². The quantitative estimate of drug-likeness (QED) is 0.154. The Balaban J connectivity index is 0.000000136. The second-order valence-electron chi connectivity index (χ2n) is 15.9. The summed E-state index contributed by atoms with van der Waals surface area (Å²) >= 11 is 6.07. The summed E-state index contributed by atoms with van der Waals surface area (Å²) in [5, 5.41) is 7.07. The first-order valence-electron chi connectivity index (χ1n) is 18.6. The van der Waals surface area contributed by atoms with E-state index in [2.05, 4.69) is 42.7 Å². The Morgan fingerprint density at radius 2 is 1.25 bits per heavy atom. The van der Waals surface area contributed by atoms with Crippen LogP contribution in [0.4, 0.5) is 5.82 Å². The van der Waals surface area contributed by atoms with Gasteiger partial charge in [0.05, 0.1) is 28.2 Å². The molecule has 6 aliphatic rings. The molecule has 0 saturated heterocycles. The van der Waals surface area contributed by atoms with Gasteiger partial charge in [0.25, 0.3) is 11.8 Å². The van der Waals surface area contributed by atoms with Crippen molar-refractivity contribution in [2.75, 3.05) is 19.0 Å². The van der Waals surface area contributed by atoms with E-state index in [9.17, 15) is 9.59 Å². The van der Waals surface area contributed by atoms with Crippen LogP contribution in [0.15, 0.2) is 42.9 Å². The fourth-order valence-electron chi connectivity index (χ4n) is 9.43. The number of H-pyrrole nitrogens is 2. The van der Waals surface area contributed by atoms with E-state index in [4.69, 9.17) is 16.6 Å². The van der Waals surface area contributed by atoms with Crippen molar-refractivity contribution in [2.24, 2.45) is 0 Å². The number of hydrogen-bond acceptors (Lipinski definition) is 6. The topological polar surface area (TPSA) is 132 Å². The van der Waals surface area contributed by atoms with Gasteiger partial charge in [-0.3, -0.25) is 14.6 Å². The maximum atomic E-state index is 13.0. The molecule has 4 aliphatic carbocycles. The van der Waals surface area contributed by atoms with Crippen LogP contribution >= 0.6 is 11.6 Å². The summed E-state index contributed by atoms with van der Waals surface area (Å²) < 4.78 is 0. The van der Waals surface area contributed by atoms with Gasteiger partial charge in [-0.25, -0.2) is 9.97 Å². The number of nitrogens with one attached hydrogen (secondary N) is 4. The zero-order valence-electron chi connectivity index (χ0n) is 29.5. The highest BCUT2D eigenvalue weighted by molar-refractivity contribution is 6.29. The van der Waals surface area contributed by atoms with Crippen LogP contribution in [-0.2, 0) is 38.5 Å². The SMILES string of the molecule is CN(C)c1ccc(-c2cc3c(cn2)CCc2c-3[nH]c3c2C(=O)NC2(CCC2)C3)cn1.O=C1NC2(CCC2)Cc2[nH]c3c(c21)CCc1cnc(Cl)cc1-3. The van der Waals surface area contributed by atoms with Gasteiger partial charge < -0.3 is 25.5 Å². The molecule has 0 unspecified atom stereocenters. The summed E-state index contributed by atoms with van der Waals surface area (Å²) in [5.74, 6) is 1.13. The van der Waals surface area contributed by atoms with Gasteiger partial charge in [-0.2, -0.15) is 0 Å². The number of halogens is 1. The van der Waals surface area contributed by atoms with E-state index in [1.165, 1.54) is 35.1 Å². The molecule has 5 aromatic heterocycles. The van der Waals surface area contributed by atoms with Crippen molar-refractivity contribution in [3.05, 3.63) is 92.8 Å². The van der Waals surface area contributed by atoms with Crippen molar-refractivity contribution < 1.29 is 9.59 Å². The molecule has 2 saturated carbocycles. The average molecular weight is 713 g/mol. The molecular weight excluding hydrogens is 672 g/mol. The van der Waals surface area contributed by atoms with Gasteiger partial charge >= 0.3 is 0 Å². The second-order valence-corrected chi connectivity index (χ2v) is 16.3. The monoisotopic (exact) mass is 712 g/mol. The molecule has 5 aromatic rings. The largest absolute Gasteiger partial charge is 0.363 e. The molecule has 2 aliphatic heterocycles. The summed E-state index contributed by atoms with van der Waals surface area (Å²) in [6.07, 6.45) is 17.9. The van der Waals surface area contributed by atoms with E-state index in [1.807, 2.05) is 49.7 Å². The molecular formula is C41H41ClN8O2. The highest BCUT2D eigenvalue weighted by atomic mass is 35.5. The molecule has 52 heavy (non-hydrogen) atoms. The number of aryl methyl sites for hydroxylation is 2. The van der Waals surface area contributed by atoms with Crippen LogP contribution in [0.5, 0.6) is 0 Å². The number of nitrogens with zero attached hydrogens (tertiary/aromatic N) is 4. The lowest BCUT2D eigenvalue weighted by Crippen LogP contribution is -2.58. The Bertz CT molecular complexity index is 2310. The fraction of sp³-hybridized carbons (Fsp3) is 0.390. The van der Waals surface area contributed by atoms with Crippen molar-refractivity contribution in [3.63, 3.8) is 0 Å². The molecule has 0 bridgehead atoms. The van der Waals surface area contributed by atoms with Crippen LogP contribution in [0.2, 0.25) is 5.15 Å². The number of fused-ring (bicyclic) bond motifs is 10. The zero-order chi connectivity index (χ0) is 35.4. The molecule has 10 nitrogen and oxygen atoms in total. The van der Waals surface area contributed by atoms with Crippen LogP contribution in [0.3, 0.4) is 0 Å². The van der Waals surface area contributed by atoms with Gasteiger partial charge in [-0.15, -0.1) is 0 Å². The van der Waals surface area contributed by atoms with E-state index >= 15 is 0 Å². The Labute approximate surface area is 307 Å². The molecule has 11 heteroatoms. The maximum absolute atomic E-state index is 13.0. The summed E-state index contributed by atoms with van der Waals surface area (Å²) in [6, 6.07) is 8.14. The zero-order valence-corrected chi connectivity index (χ0v) is 30.3.